The summed E-state index contributed by atoms with van der Waals surface area (Å²) >= 11 is 3.55. The minimum Gasteiger partial charge on any atom is -0.508 e. The molecule has 3 nitrogen and oxygen atoms in total. The van der Waals surface area contributed by atoms with Crippen molar-refractivity contribution in [3.05, 3.63) is 64.8 Å². The van der Waals surface area contributed by atoms with E-state index in [1.807, 2.05) is 36.4 Å². The summed E-state index contributed by atoms with van der Waals surface area (Å²) in [7, 11) is 0. The zero-order valence-electron chi connectivity index (χ0n) is 10.7. The van der Waals surface area contributed by atoms with Crippen LogP contribution in [0, 0.1) is 0 Å². The predicted octanol–water partition coefficient (Wildman–Crippen LogP) is 4.32. The van der Waals surface area contributed by atoms with E-state index in [0.29, 0.717) is 6.54 Å². The average molecular weight is 329 g/mol. The summed E-state index contributed by atoms with van der Waals surface area (Å²) in [5, 5.41) is 14.8. The molecule has 0 amide bonds. The molecule has 0 bridgehead atoms. The summed E-state index contributed by atoms with van der Waals surface area (Å²) in [6.45, 7) is 0.666. The van der Waals surface area contributed by atoms with Gasteiger partial charge in [-0.1, -0.05) is 40.2 Å². The molecule has 20 heavy (non-hydrogen) atoms. The molecule has 3 aromatic rings. The van der Waals surface area contributed by atoms with Crippen LogP contribution in [0.5, 0.6) is 5.75 Å². The van der Waals surface area contributed by atoms with Gasteiger partial charge >= 0.3 is 0 Å². The molecule has 0 saturated carbocycles. The van der Waals surface area contributed by atoms with Crippen molar-refractivity contribution in [3.8, 4) is 5.75 Å². The Bertz CT molecular complexity index is 741. The van der Waals surface area contributed by atoms with Crippen LogP contribution < -0.4 is 5.32 Å². The van der Waals surface area contributed by atoms with Crippen molar-refractivity contribution in [1.29, 1.82) is 0 Å². The highest BCUT2D eigenvalue weighted by Gasteiger charge is 2.04. The summed E-state index contributed by atoms with van der Waals surface area (Å²) in [5.74, 6) is 1.14. The number of nitrogens with one attached hydrogen (secondary N) is 1. The number of hydrogen-bond donors (Lipinski definition) is 2. The van der Waals surface area contributed by atoms with Crippen LogP contribution in [-0.4, -0.2) is 10.1 Å². The third-order valence-electron chi connectivity index (χ3n) is 3.15. The Kier molecular flexibility index (Phi) is 3.56. The third-order valence-corrected chi connectivity index (χ3v) is 3.84. The Morgan fingerprint density at radius 2 is 1.80 bits per heavy atom. The van der Waals surface area contributed by atoms with Gasteiger partial charge in [-0.2, -0.15) is 0 Å². The fourth-order valence-corrected chi connectivity index (χ4v) is 2.61. The first-order valence-corrected chi connectivity index (χ1v) is 7.08. The maximum absolute atomic E-state index is 9.28. The molecule has 0 fully saturated rings. The number of aromatic hydroxyl groups is 1. The highest BCUT2D eigenvalue weighted by atomic mass is 79.9. The summed E-state index contributed by atoms with van der Waals surface area (Å²) in [5.41, 5.74) is 1.09. The number of aromatic nitrogens is 1. The van der Waals surface area contributed by atoms with Gasteiger partial charge in [0.05, 0.1) is 0 Å². The Hall–Kier alpha value is -2.07. The number of phenols is 1. The lowest BCUT2D eigenvalue weighted by Crippen LogP contribution is -2.01. The van der Waals surface area contributed by atoms with Crippen LogP contribution in [-0.2, 0) is 6.54 Å². The fourth-order valence-electron chi connectivity index (χ4n) is 2.11. The molecule has 2 aromatic carbocycles. The van der Waals surface area contributed by atoms with Crippen LogP contribution in [0.15, 0.2) is 59.2 Å². The van der Waals surface area contributed by atoms with Gasteiger partial charge in [0.15, 0.2) is 0 Å². The largest absolute Gasteiger partial charge is 0.508 e. The number of fused-ring (bicyclic) bond motifs is 1. The Labute approximate surface area is 125 Å². The predicted molar refractivity (Wildman–Crippen MR) is 84.9 cm³/mol. The maximum Gasteiger partial charge on any atom is 0.134 e. The third kappa shape index (κ3) is 2.60. The lowest BCUT2D eigenvalue weighted by molar-refractivity contribution is 0.475. The minimum absolute atomic E-state index is 0.279. The van der Waals surface area contributed by atoms with Gasteiger partial charge in [0.2, 0.25) is 0 Å². The molecule has 0 unspecified atom stereocenters. The highest BCUT2D eigenvalue weighted by molar-refractivity contribution is 9.10. The summed E-state index contributed by atoms with van der Waals surface area (Å²) in [6, 6.07) is 15.2. The summed E-state index contributed by atoms with van der Waals surface area (Å²) in [4.78, 5) is 4.40. The zero-order valence-corrected chi connectivity index (χ0v) is 12.3. The maximum atomic E-state index is 9.28. The zero-order chi connectivity index (χ0) is 13.9. The lowest BCUT2D eigenvalue weighted by Gasteiger charge is -2.09. The van der Waals surface area contributed by atoms with Gasteiger partial charge in [-0.25, -0.2) is 4.98 Å². The minimum atomic E-state index is 0.279. The first-order valence-electron chi connectivity index (χ1n) is 6.29. The second-order valence-corrected chi connectivity index (χ2v) is 5.37. The first kappa shape index (κ1) is 12.9. The van der Waals surface area contributed by atoms with Gasteiger partial charge < -0.3 is 10.4 Å². The molecule has 4 heteroatoms. The number of halogens is 1. The Morgan fingerprint density at radius 1 is 1.00 bits per heavy atom. The first-order chi connectivity index (χ1) is 9.74. The van der Waals surface area contributed by atoms with Crippen LogP contribution >= 0.6 is 15.9 Å². The van der Waals surface area contributed by atoms with Crippen molar-refractivity contribution in [2.45, 2.75) is 6.54 Å². The van der Waals surface area contributed by atoms with Crippen LogP contribution in [0.1, 0.15) is 5.56 Å². The summed E-state index contributed by atoms with van der Waals surface area (Å²) in [6.07, 6.45) is 1.80. The molecular weight excluding hydrogens is 316 g/mol. The van der Waals surface area contributed by atoms with E-state index < -0.39 is 0 Å². The SMILES string of the molecule is Oc1ccc(CNc2nccc3c(Br)cccc23)cc1. The Balaban J connectivity index is 1.88. The number of hydrogen-bond acceptors (Lipinski definition) is 3. The van der Waals surface area contributed by atoms with E-state index in [1.165, 1.54) is 0 Å². The van der Waals surface area contributed by atoms with E-state index in [9.17, 15) is 5.11 Å². The van der Waals surface area contributed by atoms with Gasteiger partial charge in [-0.05, 0) is 29.8 Å². The number of phenolic OH excluding ortho intramolecular Hbond substituents is 1. The van der Waals surface area contributed by atoms with Crippen LogP contribution in [0.2, 0.25) is 0 Å². The molecular formula is C16H13BrN2O. The molecule has 1 aromatic heterocycles. The van der Waals surface area contributed by atoms with Crippen molar-refractivity contribution in [3.63, 3.8) is 0 Å². The molecule has 0 spiro atoms. The Morgan fingerprint density at radius 3 is 2.60 bits per heavy atom. The van der Waals surface area contributed by atoms with E-state index in [-0.39, 0.29) is 5.75 Å². The standard InChI is InChI=1S/C16H13BrN2O/c17-15-3-1-2-14-13(15)8-9-18-16(14)19-10-11-4-6-12(20)7-5-11/h1-9,20H,10H2,(H,18,19). The fraction of sp³-hybridized carbons (Fsp3) is 0.0625. The number of benzene rings is 2. The van der Waals surface area contributed by atoms with E-state index in [1.54, 1.807) is 18.3 Å². The average Bonchev–Trinajstić information content (AvgIpc) is 2.47. The normalized spacial score (nSPS) is 10.7. The van der Waals surface area contributed by atoms with Gasteiger partial charge in [-0.15, -0.1) is 0 Å². The summed E-state index contributed by atoms with van der Waals surface area (Å²) < 4.78 is 1.06. The topological polar surface area (TPSA) is 45.1 Å². The van der Waals surface area contributed by atoms with Gasteiger partial charge in [0.1, 0.15) is 11.6 Å². The number of nitrogens with zero attached hydrogens (tertiary/aromatic N) is 1. The highest BCUT2D eigenvalue weighted by Crippen LogP contribution is 2.27. The quantitative estimate of drug-likeness (QED) is 0.752. The lowest BCUT2D eigenvalue weighted by atomic mass is 10.1. The molecule has 2 N–H and O–H groups in total. The van der Waals surface area contributed by atoms with Crippen LogP contribution in [0.25, 0.3) is 10.8 Å². The molecule has 1 heterocycles. The van der Waals surface area contributed by atoms with Gasteiger partial charge in [-0.3, -0.25) is 0 Å². The van der Waals surface area contributed by atoms with Crippen molar-refractivity contribution in [1.82, 2.24) is 4.98 Å². The van der Waals surface area contributed by atoms with Crippen LogP contribution in [0.3, 0.4) is 0 Å². The molecule has 0 aliphatic rings. The molecule has 0 saturated heterocycles. The van der Waals surface area contributed by atoms with E-state index in [0.717, 1.165) is 26.6 Å². The van der Waals surface area contributed by atoms with Gasteiger partial charge in [0, 0.05) is 28.0 Å². The number of pyridine rings is 1. The molecule has 3 rings (SSSR count). The molecule has 0 atom stereocenters. The van der Waals surface area contributed by atoms with Crippen molar-refractivity contribution in [2.75, 3.05) is 5.32 Å². The molecule has 0 aliphatic carbocycles. The van der Waals surface area contributed by atoms with Crippen molar-refractivity contribution < 1.29 is 5.11 Å². The second kappa shape index (κ2) is 5.51. The van der Waals surface area contributed by atoms with Crippen molar-refractivity contribution >= 4 is 32.5 Å². The molecule has 0 radical (unpaired) electrons. The smallest absolute Gasteiger partial charge is 0.134 e. The molecule has 0 aliphatic heterocycles. The van der Waals surface area contributed by atoms with Crippen LogP contribution in [0.4, 0.5) is 5.82 Å². The monoisotopic (exact) mass is 328 g/mol. The number of rotatable bonds is 3. The van der Waals surface area contributed by atoms with E-state index in [4.69, 9.17) is 0 Å². The molecule has 100 valence electrons. The van der Waals surface area contributed by atoms with Gasteiger partial charge in [0.25, 0.3) is 0 Å². The second-order valence-electron chi connectivity index (χ2n) is 4.51. The van der Waals surface area contributed by atoms with E-state index in [2.05, 4.69) is 26.2 Å². The van der Waals surface area contributed by atoms with Crippen molar-refractivity contribution in [2.24, 2.45) is 0 Å². The van der Waals surface area contributed by atoms with E-state index >= 15 is 0 Å². The number of anilines is 1.